The zero-order valence-corrected chi connectivity index (χ0v) is 19.1. The van der Waals surface area contributed by atoms with Crippen molar-refractivity contribution in [1.82, 2.24) is 9.80 Å². The summed E-state index contributed by atoms with van der Waals surface area (Å²) in [6.07, 6.45) is 0.138. The summed E-state index contributed by atoms with van der Waals surface area (Å²) in [7, 11) is 0. The van der Waals surface area contributed by atoms with Crippen LogP contribution in [-0.4, -0.2) is 59.9 Å². The van der Waals surface area contributed by atoms with Gasteiger partial charge in [-0.3, -0.25) is 19.3 Å². The van der Waals surface area contributed by atoms with Crippen molar-refractivity contribution in [2.24, 2.45) is 0 Å². The molecule has 10 heteroatoms. The average molecular weight is 502 g/mol. The van der Waals surface area contributed by atoms with Crippen molar-refractivity contribution in [1.29, 1.82) is 0 Å². The van der Waals surface area contributed by atoms with E-state index in [0.29, 0.717) is 26.3 Å². The summed E-state index contributed by atoms with van der Waals surface area (Å²) < 4.78 is 5.32. The lowest BCUT2D eigenvalue weighted by atomic mass is 10.0. The molecule has 4 rings (SSSR count). The smallest absolute Gasteiger partial charge is 0.263 e. The molecule has 6 nitrogen and oxygen atoms in total. The Hall–Kier alpha value is -1.83. The van der Waals surface area contributed by atoms with Crippen LogP contribution in [-0.2, 0) is 16.0 Å². The number of carbonyl (C=O) groups excluding carboxylic acids is 3. The minimum atomic E-state index is -1.09. The number of benzene rings is 2. The number of fused-ring (bicyclic) bond motifs is 1. The van der Waals surface area contributed by atoms with Crippen LogP contribution in [0, 0.1) is 0 Å². The highest BCUT2D eigenvalue weighted by Gasteiger charge is 2.47. The van der Waals surface area contributed by atoms with Crippen LogP contribution in [0.1, 0.15) is 26.3 Å². The highest BCUT2D eigenvalue weighted by molar-refractivity contribution is 6.55. The van der Waals surface area contributed by atoms with Crippen LogP contribution in [0.3, 0.4) is 0 Å². The molecule has 31 heavy (non-hydrogen) atoms. The van der Waals surface area contributed by atoms with E-state index < -0.39 is 17.9 Å². The fourth-order valence-electron chi connectivity index (χ4n) is 3.77. The fraction of sp³-hybridized carbons (Fsp3) is 0.286. The average Bonchev–Trinajstić information content (AvgIpc) is 3.05. The number of nitrogens with zero attached hydrogens (tertiary/aromatic N) is 2. The number of hydrogen-bond donors (Lipinski definition) is 0. The third-order valence-electron chi connectivity index (χ3n) is 5.32. The summed E-state index contributed by atoms with van der Waals surface area (Å²) in [5.74, 6) is -1.81. The number of morpholine rings is 1. The second kappa shape index (κ2) is 8.96. The van der Waals surface area contributed by atoms with Crippen molar-refractivity contribution in [2.75, 3.05) is 26.3 Å². The third kappa shape index (κ3) is 3.92. The highest BCUT2D eigenvalue weighted by atomic mass is 35.5. The number of rotatable bonds is 4. The van der Waals surface area contributed by atoms with Crippen LogP contribution in [0.5, 0.6) is 0 Å². The second-order valence-corrected chi connectivity index (χ2v) is 8.64. The molecule has 0 aliphatic carbocycles. The first kappa shape index (κ1) is 22.4. The number of amides is 3. The topological polar surface area (TPSA) is 66.9 Å². The molecule has 0 radical (unpaired) electrons. The van der Waals surface area contributed by atoms with E-state index >= 15 is 0 Å². The first-order chi connectivity index (χ1) is 14.8. The standard InChI is InChI=1S/C21H16Cl4N2O4/c22-15-13-14(16(23)18(25)17(15)24)21(30)27(20(13)29)12(10-11-4-2-1-3-5-11)19(28)26-6-8-31-9-7-26/h1-5,12H,6-10H2/t12-/m1/s1. The van der Waals surface area contributed by atoms with Crippen molar-refractivity contribution >= 4 is 64.1 Å². The summed E-state index contributed by atoms with van der Waals surface area (Å²) in [6.45, 7) is 1.50. The largest absolute Gasteiger partial charge is 0.378 e. The van der Waals surface area contributed by atoms with Gasteiger partial charge >= 0.3 is 0 Å². The molecule has 0 saturated carbocycles. The van der Waals surface area contributed by atoms with E-state index in [1.54, 1.807) is 4.90 Å². The SMILES string of the molecule is O=C([C@@H](Cc1ccccc1)N1C(=O)c2c(Cl)c(Cl)c(Cl)c(Cl)c2C1=O)N1CCOCC1. The van der Waals surface area contributed by atoms with Crippen LogP contribution >= 0.6 is 46.4 Å². The van der Waals surface area contributed by atoms with E-state index in [-0.39, 0.29) is 43.5 Å². The third-order valence-corrected chi connectivity index (χ3v) is 7.13. The Kier molecular flexibility index (Phi) is 6.47. The lowest BCUT2D eigenvalue weighted by molar-refractivity contribution is -0.139. The molecule has 1 fully saturated rings. The van der Waals surface area contributed by atoms with E-state index in [2.05, 4.69) is 0 Å². The van der Waals surface area contributed by atoms with E-state index in [9.17, 15) is 14.4 Å². The summed E-state index contributed by atoms with van der Waals surface area (Å²) in [4.78, 5) is 42.6. The fourth-order valence-corrected chi connectivity index (χ4v) is 4.78. The molecule has 1 saturated heterocycles. The summed E-state index contributed by atoms with van der Waals surface area (Å²) in [5, 5.41) is -0.559. The van der Waals surface area contributed by atoms with Crippen LogP contribution < -0.4 is 0 Å². The minimum Gasteiger partial charge on any atom is -0.378 e. The lowest BCUT2D eigenvalue weighted by Gasteiger charge is -2.33. The van der Waals surface area contributed by atoms with Gasteiger partial charge in [0, 0.05) is 19.5 Å². The van der Waals surface area contributed by atoms with Crippen LogP contribution in [0.2, 0.25) is 20.1 Å². The van der Waals surface area contributed by atoms with Gasteiger partial charge in [0.25, 0.3) is 11.8 Å². The quantitative estimate of drug-likeness (QED) is 0.354. The van der Waals surface area contributed by atoms with Crippen molar-refractivity contribution < 1.29 is 19.1 Å². The molecule has 0 spiro atoms. The molecule has 2 aliphatic rings. The molecule has 162 valence electrons. The van der Waals surface area contributed by atoms with Crippen molar-refractivity contribution in [3.8, 4) is 0 Å². The van der Waals surface area contributed by atoms with Gasteiger partial charge in [0.15, 0.2) is 0 Å². The number of carbonyl (C=O) groups is 3. The predicted octanol–water partition coefficient (Wildman–Crippen LogP) is 4.37. The molecular weight excluding hydrogens is 486 g/mol. The highest BCUT2D eigenvalue weighted by Crippen LogP contribution is 2.45. The second-order valence-electron chi connectivity index (χ2n) is 7.13. The Bertz CT molecular complexity index is 1020. The number of ether oxygens (including phenoxy) is 1. The van der Waals surface area contributed by atoms with Gasteiger partial charge < -0.3 is 9.64 Å². The van der Waals surface area contributed by atoms with E-state index in [1.807, 2.05) is 30.3 Å². The van der Waals surface area contributed by atoms with Crippen molar-refractivity contribution in [3.63, 3.8) is 0 Å². The molecule has 0 bridgehead atoms. The normalized spacial score (nSPS) is 17.2. The molecule has 0 aromatic heterocycles. The van der Waals surface area contributed by atoms with Crippen molar-refractivity contribution in [3.05, 3.63) is 67.1 Å². The number of halogens is 4. The molecule has 0 unspecified atom stereocenters. The van der Waals surface area contributed by atoms with Gasteiger partial charge in [-0.25, -0.2) is 0 Å². The molecule has 2 aliphatic heterocycles. The maximum absolute atomic E-state index is 13.4. The molecule has 1 atom stereocenters. The van der Waals surface area contributed by atoms with Gasteiger partial charge in [0.2, 0.25) is 5.91 Å². The Morgan fingerprint density at radius 1 is 0.871 bits per heavy atom. The number of imide groups is 1. The monoisotopic (exact) mass is 500 g/mol. The van der Waals surface area contributed by atoms with E-state index in [1.165, 1.54) is 0 Å². The maximum Gasteiger partial charge on any atom is 0.263 e. The molecule has 2 aromatic carbocycles. The first-order valence-electron chi connectivity index (χ1n) is 9.47. The first-order valence-corrected chi connectivity index (χ1v) is 11.0. The van der Waals surface area contributed by atoms with E-state index in [4.69, 9.17) is 51.1 Å². The summed E-state index contributed by atoms with van der Waals surface area (Å²) in [6, 6.07) is 8.05. The van der Waals surface area contributed by atoms with Gasteiger partial charge in [-0.1, -0.05) is 76.7 Å². The van der Waals surface area contributed by atoms with Gasteiger partial charge in [-0.2, -0.15) is 0 Å². The Morgan fingerprint density at radius 3 is 1.90 bits per heavy atom. The molecule has 2 heterocycles. The maximum atomic E-state index is 13.4. The zero-order valence-electron chi connectivity index (χ0n) is 16.0. The van der Waals surface area contributed by atoms with Gasteiger partial charge in [-0.15, -0.1) is 0 Å². The summed E-state index contributed by atoms with van der Waals surface area (Å²) >= 11 is 24.7. The Labute approximate surface area is 198 Å². The predicted molar refractivity (Wildman–Crippen MR) is 118 cm³/mol. The van der Waals surface area contributed by atoms with Crippen molar-refractivity contribution in [2.45, 2.75) is 12.5 Å². The van der Waals surface area contributed by atoms with Gasteiger partial charge in [0.1, 0.15) is 6.04 Å². The van der Waals surface area contributed by atoms with Crippen LogP contribution in [0.4, 0.5) is 0 Å². The molecule has 0 N–H and O–H groups in total. The summed E-state index contributed by atoms with van der Waals surface area (Å²) in [5.41, 5.74) is 0.511. The van der Waals surface area contributed by atoms with Gasteiger partial charge in [0.05, 0.1) is 44.4 Å². The number of hydrogen-bond acceptors (Lipinski definition) is 4. The van der Waals surface area contributed by atoms with E-state index in [0.717, 1.165) is 10.5 Å². The van der Waals surface area contributed by atoms with Crippen LogP contribution in [0.25, 0.3) is 0 Å². The zero-order chi connectivity index (χ0) is 22.3. The Balaban J connectivity index is 1.78. The molecule has 3 amide bonds. The minimum absolute atomic E-state index is 0.116. The van der Waals surface area contributed by atoms with Gasteiger partial charge in [-0.05, 0) is 5.56 Å². The molecular formula is C21H16Cl4N2O4. The lowest BCUT2D eigenvalue weighted by Crippen LogP contribution is -2.54. The van der Waals surface area contributed by atoms with Crippen LogP contribution in [0.15, 0.2) is 30.3 Å². The molecule has 2 aromatic rings. The Morgan fingerprint density at radius 2 is 1.39 bits per heavy atom.